The molecule has 2 heterocycles. The van der Waals surface area contributed by atoms with Crippen molar-refractivity contribution in [1.82, 2.24) is 20.4 Å². The zero-order valence-corrected chi connectivity index (χ0v) is 13.0. The second-order valence-electron chi connectivity index (χ2n) is 5.22. The lowest BCUT2D eigenvalue weighted by molar-refractivity contribution is 0.173. The lowest BCUT2D eigenvalue weighted by Gasteiger charge is -2.30. The molecule has 0 unspecified atom stereocenters. The summed E-state index contributed by atoms with van der Waals surface area (Å²) in [7, 11) is 2.03. The molecule has 3 rings (SSSR count). The largest absolute Gasteiger partial charge is 0.338 e. The van der Waals surface area contributed by atoms with Gasteiger partial charge in [-0.1, -0.05) is 35.5 Å². The minimum Gasteiger partial charge on any atom is -0.338 e. The van der Waals surface area contributed by atoms with Crippen LogP contribution >= 0.6 is 12.4 Å². The highest BCUT2D eigenvalue weighted by Crippen LogP contribution is 2.17. The van der Waals surface area contributed by atoms with Crippen molar-refractivity contribution in [3.63, 3.8) is 0 Å². The first kappa shape index (κ1) is 15.9. The van der Waals surface area contributed by atoms with Crippen molar-refractivity contribution in [1.29, 1.82) is 0 Å². The Kier molecular flexibility index (Phi) is 5.73. The number of piperidine rings is 1. The number of nitrogens with zero attached hydrogens (tertiary/aromatic N) is 3. The van der Waals surface area contributed by atoms with Crippen molar-refractivity contribution in [3.8, 4) is 11.4 Å². The summed E-state index contributed by atoms with van der Waals surface area (Å²) >= 11 is 0. The highest BCUT2D eigenvalue weighted by Gasteiger charge is 2.19. The van der Waals surface area contributed by atoms with Crippen LogP contribution in [0.1, 0.15) is 18.7 Å². The molecule has 114 valence electrons. The first-order chi connectivity index (χ1) is 9.85. The first-order valence-electron chi connectivity index (χ1n) is 7.13. The van der Waals surface area contributed by atoms with Gasteiger partial charge in [-0.3, -0.25) is 4.90 Å². The third-order valence-electron chi connectivity index (χ3n) is 3.85. The summed E-state index contributed by atoms with van der Waals surface area (Å²) in [5.41, 5.74) is 0.997. The molecule has 0 saturated carbocycles. The molecular weight excluding hydrogens is 288 g/mol. The van der Waals surface area contributed by atoms with E-state index in [1.807, 2.05) is 37.4 Å². The summed E-state index contributed by atoms with van der Waals surface area (Å²) in [6.07, 6.45) is 2.35. The van der Waals surface area contributed by atoms with E-state index in [9.17, 15) is 0 Å². The molecule has 1 aliphatic heterocycles. The Morgan fingerprint density at radius 3 is 2.62 bits per heavy atom. The lowest BCUT2D eigenvalue weighted by Crippen LogP contribution is -2.40. The molecular formula is C15H21ClN4O. The summed E-state index contributed by atoms with van der Waals surface area (Å²) in [6, 6.07) is 10.6. The predicted octanol–water partition coefficient (Wildman–Crippen LogP) is 2.34. The smallest absolute Gasteiger partial charge is 0.241 e. The van der Waals surface area contributed by atoms with E-state index >= 15 is 0 Å². The van der Waals surface area contributed by atoms with E-state index in [0.717, 1.165) is 25.2 Å². The lowest BCUT2D eigenvalue weighted by atomic mass is 10.1. The summed E-state index contributed by atoms with van der Waals surface area (Å²) in [5.74, 6) is 1.37. The van der Waals surface area contributed by atoms with E-state index in [0.29, 0.717) is 17.8 Å². The Hall–Kier alpha value is -1.43. The van der Waals surface area contributed by atoms with E-state index in [2.05, 4.69) is 20.4 Å². The van der Waals surface area contributed by atoms with Crippen molar-refractivity contribution in [2.45, 2.75) is 25.4 Å². The first-order valence-corrected chi connectivity index (χ1v) is 7.13. The van der Waals surface area contributed by atoms with E-state index < -0.39 is 0 Å². The zero-order chi connectivity index (χ0) is 13.8. The molecule has 0 radical (unpaired) electrons. The van der Waals surface area contributed by atoms with Crippen molar-refractivity contribution in [2.75, 3.05) is 20.1 Å². The Morgan fingerprint density at radius 1 is 1.24 bits per heavy atom. The minimum absolute atomic E-state index is 0. The molecule has 1 saturated heterocycles. The van der Waals surface area contributed by atoms with E-state index in [4.69, 9.17) is 4.52 Å². The summed E-state index contributed by atoms with van der Waals surface area (Å²) < 4.78 is 5.36. The van der Waals surface area contributed by atoms with Gasteiger partial charge in [-0.05, 0) is 19.9 Å². The van der Waals surface area contributed by atoms with Crippen LogP contribution in [0.3, 0.4) is 0 Å². The van der Waals surface area contributed by atoms with Crippen molar-refractivity contribution in [2.24, 2.45) is 0 Å². The number of hydrogen-bond acceptors (Lipinski definition) is 5. The molecule has 0 amide bonds. The number of rotatable bonds is 4. The zero-order valence-electron chi connectivity index (χ0n) is 12.2. The molecule has 0 spiro atoms. The van der Waals surface area contributed by atoms with Crippen LogP contribution in [0.4, 0.5) is 0 Å². The highest BCUT2D eigenvalue weighted by atomic mass is 35.5. The third-order valence-corrected chi connectivity index (χ3v) is 3.85. The number of nitrogens with one attached hydrogen (secondary N) is 1. The molecule has 0 bridgehead atoms. The van der Waals surface area contributed by atoms with Crippen LogP contribution in [-0.4, -0.2) is 41.2 Å². The Balaban J connectivity index is 0.00000161. The molecule has 1 aromatic carbocycles. The molecule has 1 aliphatic rings. The fourth-order valence-electron chi connectivity index (χ4n) is 2.59. The second-order valence-corrected chi connectivity index (χ2v) is 5.22. The molecule has 21 heavy (non-hydrogen) atoms. The fraction of sp³-hybridized carbons (Fsp3) is 0.467. The SMILES string of the molecule is CNC1CCN(Cc2nc(-c3ccccc3)no2)CC1.Cl. The summed E-state index contributed by atoms with van der Waals surface area (Å²) in [6.45, 7) is 2.90. The maximum absolute atomic E-state index is 5.36. The van der Waals surface area contributed by atoms with E-state index in [1.165, 1.54) is 12.8 Å². The Bertz CT molecular complexity index is 538. The molecule has 5 nitrogen and oxygen atoms in total. The van der Waals surface area contributed by atoms with E-state index in [1.54, 1.807) is 0 Å². The fourth-order valence-corrected chi connectivity index (χ4v) is 2.59. The number of benzene rings is 1. The Morgan fingerprint density at radius 2 is 1.95 bits per heavy atom. The monoisotopic (exact) mass is 308 g/mol. The summed E-state index contributed by atoms with van der Waals surface area (Å²) in [5, 5.41) is 7.39. The molecule has 2 aromatic rings. The predicted molar refractivity (Wildman–Crippen MR) is 84.3 cm³/mol. The van der Waals surface area contributed by atoms with Gasteiger partial charge in [-0.15, -0.1) is 12.4 Å². The van der Waals surface area contributed by atoms with Gasteiger partial charge in [0.25, 0.3) is 0 Å². The minimum atomic E-state index is 0. The van der Waals surface area contributed by atoms with Gasteiger partial charge in [0.2, 0.25) is 11.7 Å². The topological polar surface area (TPSA) is 54.2 Å². The molecule has 0 aliphatic carbocycles. The summed E-state index contributed by atoms with van der Waals surface area (Å²) in [4.78, 5) is 6.85. The molecule has 1 aromatic heterocycles. The van der Waals surface area contributed by atoms with Gasteiger partial charge in [0.05, 0.1) is 6.54 Å². The van der Waals surface area contributed by atoms with Crippen LogP contribution in [0.25, 0.3) is 11.4 Å². The molecule has 6 heteroatoms. The number of hydrogen-bond donors (Lipinski definition) is 1. The van der Waals surface area contributed by atoms with Gasteiger partial charge in [-0.2, -0.15) is 4.98 Å². The molecule has 0 atom stereocenters. The standard InChI is InChI=1S/C15H20N4O.ClH/c1-16-13-7-9-19(10-8-13)11-14-17-15(18-20-14)12-5-3-2-4-6-12;/h2-6,13,16H,7-11H2,1H3;1H. The quantitative estimate of drug-likeness (QED) is 0.939. The van der Waals surface area contributed by atoms with Gasteiger partial charge in [-0.25, -0.2) is 0 Å². The van der Waals surface area contributed by atoms with Gasteiger partial charge < -0.3 is 9.84 Å². The number of likely N-dealkylation sites (tertiary alicyclic amines) is 1. The van der Waals surface area contributed by atoms with Crippen LogP contribution in [0, 0.1) is 0 Å². The highest BCUT2D eigenvalue weighted by molar-refractivity contribution is 5.85. The van der Waals surface area contributed by atoms with Crippen LogP contribution in [0.2, 0.25) is 0 Å². The maximum Gasteiger partial charge on any atom is 0.241 e. The second kappa shape index (κ2) is 7.54. The average Bonchev–Trinajstić information content (AvgIpc) is 2.97. The number of halogens is 1. The van der Waals surface area contributed by atoms with Crippen molar-refractivity contribution in [3.05, 3.63) is 36.2 Å². The third kappa shape index (κ3) is 4.03. The van der Waals surface area contributed by atoms with E-state index in [-0.39, 0.29) is 12.4 Å². The number of aromatic nitrogens is 2. The van der Waals surface area contributed by atoms with Gasteiger partial charge in [0, 0.05) is 24.7 Å². The maximum atomic E-state index is 5.36. The average molecular weight is 309 g/mol. The van der Waals surface area contributed by atoms with Gasteiger partial charge >= 0.3 is 0 Å². The van der Waals surface area contributed by atoms with Crippen molar-refractivity contribution < 1.29 is 4.52 Å². The van der Waals surface area contributed by atoms with Crippen LogP contribution in [0.5, 0.6) is 0 Å². The van der Waals surface area contributed by atoms with Crippen molar-refractivity contribution >= 4 is 12.4 Å². The van der Waals surface area contributed by atoms with Crippen LogP contribution < -0.4 is 5.32 Å². The molecule has 1 fully saturated rings. The molecule has 1 N–H and O–H groups in total. The van der Waals surface area contributed by atoms with Gasteiger partial charge in [0.1, 0.15) is 0 Å². The Labute approximate surface area is 131 Å². The van der Waals surface area contributed by atoms with Gasteiger partial charge in [0.15, 0.2) is 0 Å². The van der Waals surface area contributed by atoms with Crippen LogP contribution in [0.15, 0.2) is 34.9 Å². The van der Waals surface area contributed by atoms with Crippen LogP contribution in [-0.2, 0) is 6.54 Å². The normalized spacial score (nSPS) is 16.6.